The minimum absolute atomic E-state index is 0.0210. The first kappa shape index (κ1) is 13.4. The number of esters is 2. The lowest BCUT2D eigenvalue weighted by Gasteiger charge is -2.28. The van der Waals surface area contributed by atoms with E-state index in [0.29, 0.717) is 0 Å². The van der Waals surface area contributed by atoms with E-state index in [1.54, 1.807) is 6.92 Å². The van der Waals surface area contributed by atoms with Crippen LogP contribution in [0.2, 0.25) is 0 Å². The fourth-order valence-electron chi connectivity index (χ4n) is 1.60. The zero-order valence-electron chi connectivity index (χ0n) is 9.64. The first-order chi connectivity index (χ1) is 7.54. The van der Waals surface area contributed by atoms with Crippen molar-refractivity contribution in [1.82, 2.24) is 0 Å². The van der Waals surface area contributed by atoms with Crippen LogP contribution < -0.4 is 0 Å². The summed E-state index contributed by atoms with van der Waals surface area (Å²) in [5, 5.41) is -0.705. The maximum absolute atomic E-state index is 11.5. The van der Waals surface area contributed by atoms with Crippen molar-refractivity contribution >= 4 is 24.6 Å². The monoisotopic (exact) mass is 246 g/mol. The normalized spacial score (nSPS) is 31.3. The number of carbonyl (C=O) groups is 2. The van der Waals surface area contributed by atoms with Gasteiger partial charge in [-0.25, -0.2) is 0 Å². The molecule has 16 heavy (non-hydrogen) atoms. The van der Waals surface area contributed by atoms with Gasteiger partial charge in [0.15, 0.2) is 0 Å². The second kappa shape index (κ2) is 6.13. The highest BCUT2D eigenvalue weighted by molar-refractivity contribution is 7.81. The van der Waals surface area contributed by atoms with E-state index >= 15 is 0 Å². The molecular formula is C11H18O4S. The summed E-state index contributed by atoms with van der Waals surface area (Å²) in [5.41, 5.74) is 0. The van der Waals surface area contributed by atoms with Crippen molar-refractivity contribution in [3.63, 3.8) is 0 Å². The Morgan fingerprint density at radius 2 is 2.06 bits per heavy atom. The summed E-state index contributed by atoms with van der Waals surface area (Å²) in [6, 6.07) is 0. The van der Waals surface area contributed by atoms with E-state index in [4.69, 9.17) is 9.47 Å². The summed E-state index contributed by atoms with van der Waals surface area (Å²) < 4.78 is 10.4. The molecule has 0 aliphatic carbocycles. The summed E-state index contributed by atoms with van der Waals surface area (Å²) in [6.07, 6.45) is 1.94. The quantitative estimate of drug-likeness (QED) is 0.608. The lowest BCUT2D eigenvalue weighted by molar-refractivity contribution is -0.173. The number of rotatable bonds is 3. The highest BCUT2D eigenvalue weighted by Gasteiger charge is 2.31. The first-order valence-corrected chi connectivity index (χ1v) is 6.14. The molecule has 1 aliphatic rings. The highest BCUT2D eigenvalue weighted by Crippen LogP contribution is 2.19. The molecule has 1 saturated heterocycles. The Bertz CT molecular complexity index is 267. The van der Waals surface area contributed by atoms with Gasteiger partial charge in [0.05, 0.1) is 6.42 Å². The molecule has 0 aromatic heterocycles. The van der Waals surface area contributed by atoms with E-state index in [1.807, 2.05) is 0 Å². The van der Waals surface area contributed by atoms with Gasteiger partial charge in [-0.2, -0.15) is 12.6 Å². The van der Waals surface area contributed by atoms with Gasteiger partial charge < -0.3 is 9.47 Å². The third-order valence-corrected chi connectivity index (χ3v) is 2.98. The average Bonchev–Trinajstić information content (AvgIpc) is 2.21. The van der Waals surface area contributed by atoms with Gasteiger partial charge in [0.1, 0.15) is 17.5 Å². The van der Waals surface area contributed by atoms with Crippen molar-refractivity contribution in [1.29, 1.82) is 0 Å². The molecule has 0 spiro atoms. The number of ether oxygens (including phenoxy) is 2. The van der Waals surface area contributed by atoms with Crippen LogP contribution in [0, 0.1) is 0 Å². The molecule has 92 valence electrons. The molecule has 3 atom stereocenters. The molecule has 0 N–H and O–H groups in total. The third kappa shape index (κ3) is 3.70. The number of hydrogen-bond donors (Lipinski definition) is 1. The van der Waals surface area contributed by atoms with E-state index in [1.165, 1.54) is 0 Å². The zero-order chi connectivity index (χ0) is 12.1. The Morgan fingerprint density at radius 1 is 1.38 bits per heavy atom. The minimum atomic E-state index is -0.705. The van der Waals surface area contributed by atoms with Crippen LogP contribution >= 0.6 is 12.6 Å². The number of thiol groups is 1. The predicted molar refractivity (Wildman–Crippen MR) is 62.4 cm³/mol. The summed E-state index contributed by atoms with van der Waals surface area (Å²) >= 11 is 4.02. The number of unbranched alkanes of at least 4 members (excludes halogenated alkanes) is 1. The molecular weight excluding hydrogens is 228 g/mol. The van der Waals surface area contributed by atoms with Gasteiger partial charge >= 0.3 is 11.9 Å². The van der Waals surface area contributed by atoms with Gasteiger partial charge in [-0.1, -0.05) is 13.3 Å². The van der Waals surface area contributed by atoms with Gasteiger partial charge in [0, 0.05) is 0 Å². The second-order valence-electron chi connectivity index (χ2n) is 4.03. The minimum Gasteiger partial charge on any atom is -0.459 e. The summed E-state index contributed by atoms with van der Waals surface area (Å²) in [4.78, 5) is 22.9. The highest BCUT2D eigenvalue weighted by atomic mass is 32.1. The van der Waals surface area contributed by atoms with Crippen LogP contribution in [0.3, 0.4) is 0 Å². The molecule has 0 aromatic carbocycles. The van der Waals surface area contributed by atoms with E-state index < -0.39 is 11.2 Å². The lowest BCUT2D eigenvalue weighted by Crippen LogP contribution is -2.39. The van der Waals surface area contributed by atoms with Crippen molar-refractivity contribution in [3.05, 3.63) is 0 Å². The fourth-order valence-corrected chi connectivity index (χ4v) is 1.80. The molecule has 1 heterocycles. The molecule has 0 bridgehead atoms. The number of hydrogen-bond acceptors (Lipinski definition) is 5. The van der Waals surface area contributed by atoms with E-state index in [9.17, 15) is 9.59 Å². The second-order valence-corrected chi connectivity index (χ2v) is 4.66. The Kier molecular flexibility index (Phi) is 5.12. The molecule has 0 radical (unpaired) electrons. The maximum atomic E-state index is 11.5. The van der Waals surface area contributed by atoms with Gasteiger partial charge in [-0.05, 0) is 19.8 Å². The average molecular weight is 246 g/mol. The Hall–Kier alpha value is -0.710. The zero-order valence-corrected chi connectivity index (χ0v) is 10.5. The molecule has 1 fully saturated rings. The van der Waals surface area contributed by atoms with Crippen LogP contribution in [-0.4, -0.2) is 29.4 Å². The van der Waals surface area contributed by atoms with Crippen LogP contribution in [0.5, 0.6) is 0 Å². The van der Waals surface area contributed by atoms with Crippen LogP contribution in [0.25, 0.3) is 0 Å². The van der Waals surface area contributed by atoms with Crippen LogP contribution in [-0.2, 0) is 19.1 Å². The van der Waals surface area contributed by atoms with Crippen LogP contribution in [0.1, 0.15) is 39.5 Å². The van der Waals surface area contributed by atoms with Crippen LogP contribution in [0.15, 0.2) is 0 Å². The molecule has 3 unspecified atom stereocenters. The first-order valence-electron chi connectivity index (χ1n) is 5.62. The van der Waals surface area contributed by atoms with Gasteiger partial charge in [-0.15, -0.1) is 0 Å². The van der Waals surface area contributed by atoms with E-state index in [2.05, 4.69) is 19.6 Å². The Labute approximate surface area is 101 Å². The van der Waals surface area contributed by atoms with Crippen molar-refractivity contribution < 1.29 is 19.1 Å². The van der Waals surface area contributed by atoms with Gasteiger partial charge in [0.25, 0.3) is 0 Å². The number of cyclic esters (lactones) is 2. The third-order valence-electron chi connectivity index (χ3n) is 2.58. The lowest BCUT2D eigenvalue weighted by atomic mass is 10.1. The SMILES string of the molecule is CCCCC1OC(=O)C(S)CC(=O)OC1C. The van der Waals surface area contributed by atoms with Crippen molar-refractivity contribution in [2.24, 2.45) is 0 Å². The van der Waals surface area contributed by atoms with Crippen molar-refractivity contribution in [2.75, 3.05) is 0 Å². The molecule has 0 aromatic rings. The van der Waals surface area contributed by atoms with Gasteiger partial charge in [-0.3, -0.25) is 9.59 Å². The smallest absolute Gasteiger partial charge is 0.319 e. The molecule has 0 amide bonds. The fraction of sp³-hybridized carbons (Fsp3) is 0.818. The molecule has 1 rings (SSSR count). The standard InChI is InChI=1S/C11H18O4S/c1-3-4-5-8-7(2)14-10(12)6-9(16)11(13)15-8/h7-9,16H,3-6H2,1-2H3. The maximum Gasteiger partial charge on any atom is 0.319 e. The molecule has 1 aliphatic heterocycles. The van der Waals surface area contributed by atoms with Crippen molar-refractivity contribution in [2.45, 2.75) is 57.0 Å². The summed E-state index contributed by atoms with van der Waals surface area (Å²) in [6.45, 7) is 3.81. The Balaban J connectivity index is 2.66. The largest absolute Gasteiger partial charge is 0.459 e. The Morgan fingerprint density at radius 3 is 2.69 bits per heavy atom. The summed E-state index contributed by atoms with van der Waals surface area (Å²) in [5.74, 6) is -0.807. The molecule has 0 saturated carbocycles. The molecule has 5 heteroatoms. The topological polar surface area (TPSA) is 52.6 Å². The predicted octanol–water partition coefficient (Wildman–Crippen LogP) is 1.72. The number of carbonyl (C=O) groups excluding carboxylic acids is 2. The van der Waals surface area contributed by atoms with Gasteiger partial charge in [0.2, 0.25) is 0 Å². The summed E-state index contributed by atoms with van der Waals surface area (Å²) in [7, 11) is 0. The molecule has 4 nitrogen and oxygen atoms in total. The van der Waals surface area contributed by atoms with E-state index in [0.717, 1.165) is 19.3 Å². The van der Waals surface area contributed by atoms with E-state index in [-0.39, 0.29) is 24.6 Å². The van der Waals surface area contributed by atoms with Crippen molar-refractivity contribution in [3.8, 4) is 0 Å². The van der Waals surface area contributed by atoms with Crippen LogP contribution in [0.4, 0.5) is 0 Å².